The molecule has 0 fully saturated rings. The lowest BCUT2D eigenvalue weighted by molar-refractivity contribution is -0.120. The van der Waals surface area contributed by atoms with E-state index < -0.39 is 11.9 Å². The monoisotopic (exact) mass is 415 g/mol. The molecule has 0 aliphatic heterocycles. The van der Waals surface area contributed by atoms with E-state index in [9.17, 15) is 14.4 Å². The van der Waals surface area contributed by atoms with Crippen LogP contribution in [0.4, 0.5) is 10.5 Å². The summed E-state index contributed by atoms with van der Waals surface area (Å²) >= 11 is 0. The molecule has 8 nitrogen and oxygen atoms in total. The standard InChI is InChI=1S/C23H21N5O3/c24-28-22(30)18-11-13-19(14-12-18)26-23(31)25-15-20(29)27-21(16-7-3-1-4-8-16)17-9-5-2-6-10-17/h1-14,21,24H,15H2,(H,27,29)(H2,25,26,31). The second-order valence-corrected chi connectivity index (χ2v) is 6.62. The Hall–Kier alpha value is -4.33. The van der Waals surface area contributed by atoms with Crippen LogP contribution in [0.3, 0.4) is 0 Å². The van der Waals surface area contributed by atoms with Crippen LogP contribution in [0, 0.1) is 5.53 Å². The first-order valence-corrected chi connectivity index (χ1v) is 9.53. The van der Waals surface area contributed by atoms with Crippen LogP contribution in [-0.4, -0.2) is 24.4 Å². The smallest absolute Gasteiger partial charge is 0.319 e. The van der Waals surface area contributed by atoms with E-state index in [1.165, 1.54) is 24.3 Å². The predicted molar refractivity (Wildman–Crippen MR) is 116 cm³/mol. The molecule has 0 unspecified atom stereocenters. The van der Waals surface area contributed by atoms with Gasteiger partial charge in [-0.15, -0.1) is 5.11 Å². The van der Waals surface area contributed by atoms with E-state index in [1.54, 1.807) is 0 Å². The lowest BCUT2D eigenvalue weighted by Gasteiger charge is -2.20. The summed E-state index contributed by atoms with van der Waals surface area (Å²) in [7, 11) is 0. The number of anilines is 1. The molecule has 0 heterocycles. The summed E-state index contributed by atoms with van der Waals surface area (Å²) in [5.41, 5.74) is 9.27. The van der Waals surface area contributed by atoms with Crippen molar-refractivity contribution in [3.63, 3.8) is 0 Å². The second-order valence-electron chi connectivity index (χ2n) is 6.62. The molecule has 0 saturated heterocycles. The van der Waals surface area contributed by atoms with Gasteiger partial charge in [-0.2, -0.15) is 0 Å². The van der Waals surface area contributed by atoms with Crippen LogP contribution < -0.4 is 16.0 Å². The number of carbonyl (C=O) groups excluding carboxylic acids is 3. The van der Waals surface area contributed by atoms with Gasteiger partial charge in [0, 0.05) is 11.3 Å². The summed E-state index contributed by atoms with van der Waals surface area (Å²) in [5, 5.41) is 10.9. The Bertz CT molecular complexity index is 1010. The third-order valence-electron chi connectivity index (χ3n) is 4.47. The maximum atomic E-state index is 12.5. The van der Waals surface area contributed by atoms with Crippen LogP contribution in [0.2, 0.25) is 0 Å². The average molecular weight is 415 g/mol. The number of carbonyl (C=O) groups is 3. The molecule has 0 saturated carbocycles. The van der Waals surface area contributed by atoms with Crippen molar-refractivity contribution >= 4 is 23.5 Å². The van der Waals surface area contributed by atoms with Gasteiger partial charge in [-0.05, 0) is 35.4 Å². The largest absolute Gasteiger partial charge is 0.344 e. The van der Waals surface area contributed by atoms with E-state index in [0.29, 0.717) is 5.69 Å². The van der Waals surface area contributed by atoms with Crippen LogP contribution in [0.25, 0.3) is 0 Å². The topological polar surface area (TPSA) is 124 Å². The fourth-order valence-electron chi connectivity index (χ4n) is 2.96. The molecular formula is C23H21N5O3. The van der Waals surface area contributed by atoms with Gasteiger partial charge in [-0.25, -0.2) is 10.3 Å². The Labute approximate surface area is 179 Å². The van der Waals surface area contributed by atoms with Crippen molar-refractivity contribution in [1.29, 1.82) is 5.53 Å². The third-order valence-corrected chi connectivity index (χ3v) is 4.47. The molecule has 4 amide bonds. The zero-order chi connectivity index (χ0) is 22.1. The lowest BCUT2D eigenvalue weighted by Crippen LogP contribution is -2.40. The molecular weight excluding hydrogens is 394 g/mol. The molecule has 31 heavy (non-hydrogen) atoms. The van der Waals surface area contributed by atoms with Gasteiger partial charge < -0.3 is 16.0 Å². The first-order valence-electron chi connectivity index (χ1n) is 9.53. The second kappa shape index (κ2) is 10.4. The number of rotatable bonds is 7. The number of hydrogen-bond donors (Lipinski definition) is 4. The zero-order valence-corrected chi connectivity index (χ0v) is 16.5. The Morgan fingerprint density at radius 3 is 1.87 bits per heavy atom. The van der Waals surface area contributed by atoms with E-state index in [4.69, 9.17) is 5.53 Å². The van der Waals surface area contributed by atoms with Crippen molar-refractivity contribution in [1.82, 2.24) is 10.6 Å². The van der Waals surface area contributed by atoms with Gasteiger partial charge in [0.1, 0.15) is 0 Å². The Morgan fingerprint density at radius 1 is 0.806 bits per heavy atom. The summed E-state index contributed by atoms with van der Waals surface area (Å²) in [6, 6.07) is 24.2. The van der Waals surface area contributed by atoms with Crippen molar-refractivity contribution < 1.29 is 14.4 Å². The van der Waals surface area contributed by atoms with Crippen molar-refractivity contribution in [3.8, 4) is 0 Å². The summed E-state index contributed by atoms with van der Waals surface area (Å²) in [4.78, 5) is 35.9. The highest BCUT2D eigenvalue weighted by Crippen LogP contribution is 2.21. The molecule has 4 N–H and O–H groups in total. The van der Waals surface area contributed by atoms with Crippen LogP contribution in [0.15, 0.2) is 90.0 Å². The van der Waals surface area contributed by atoms with E-state index >= 15 is 0 Å². The first kappa shape index (κ1) is 21.4. The summed E-state index contributed by atoms with van der Waals surface area (Å²) in [5.74, 6) is -1.01. The molecule has 156 valence electrons. The maximum Gasteiger partial charge on any atom is 0.319 e. The van der Waals surface area contributed by atoms with Crippen LogP contribution >= 0.6 is 0 Å². The van der Waals surface area contributed by atoms with Crippen LogP contribution in [0.1, 0.15) is 27.5 Å². The highest BCUT2D eigenvalue weighted by atomic mass is 16.2. The molecule has 0 aliphatic carbocycles. The Morgan fingerprint density at radius 2 is 1.35 bits per heavy atom. The minimum atomic E-state index is -0.668. The SMILES string of the molecule is N=NC(=O)c1ccc(NC(=O)NCC(=O)NC(c2ccccc2)c2ccccc2)cc1. The van der Waals surface area contributed by atoms with E-state index in [-0.39, 0.29) is 24.1 Å². The molecule has 0 aromatic heterocycles. The maximum absolute atomic E-state index is 12.5. The van der Waals surface area contributed by atoms with Crippen molar-refractivity contribution in [2.24, 2.45) is 5.11 Å². The van der Waals surface area contributed by atoms with Crippen molar-refractivity contribution in [2.75, 3.05) is 11.9 Å². The van der Waals surface area contributed by atoms with E-state index in [2.05, 4.69) is 21.1 Å². The molecule has 0 radical (unpaired) electrons. The molecule has 0 bridgehead atoms. The number of hydrogen-bond acceptors (Lipinski definition) is 4. The molecule has 3 aromatic carbocycles. The normalized spacial score (nSPS) is 10.2. The van der Waals surface area contributed by atoms with Crippen LogP contribution in [0.5, 0.6) is 0 Å². The average Bonchev–Trinajstić information content (AvgIpc) is 2.82. The van der Waals surface area contributed by atoms with Crippen molar-refractivity contribution in [2.45, 2.75) is 6.04 Å². The molecule has 0 atom stereocenters. The zero-order valence-electron chi connectivity index (χ0n) is 16.5. The predicted octanol–water partition coefficient (Wildman–Crippen LogP) is 3.89. The van der Waals surface area contributed by atoms with Gasteiger partial charge in [0.25, 0.3) is 5.91 Å². The highest BCUT2D eigenvalue weighted by Gasteiger charge is 2.17. The van der Waals surface area contributed by atoms with Crippen molar-refractivity contribution in [3.05, 3.63) is 102 Å². The number of nitrogens with one attached hydrogen (secondary N) is 4. The molecule has 3 rings (SSSR count). The third kappa shape index (κ3) is 6.07. The number of urea groups is 1. The summed E-state index contributed by atoms with van der Waals surface area (Å²) in [6.45, 7) is -0.212. The van der Waals surface area contributed by atoms with Gasteiger partial charge in [0.15, 0.2) is 0 Å². The molecule has 3 aromatic rings. The number of amides is 4. The lowest BCUT2D eigenvalue weighted by atomic mass is 9.99. The van der Waals surface area contributed by atoms with Gasteiger partial charge in [-0.3, -0.25) is 9.59 Å². The fourth-order valence-corrected chi connectivity index (χ4v) is 2.96. The van der Waals surface area contributed by atoms with Crippen LogP contribution in [-0.2, 0) is 4.79 Å². The Balaban J connectivity index is 1.57. The minimum Gasteiger partial charge on any atom is -0.344 e. The van der Waals surface area contributed by atoms with E-state index in [0.717, 1.165) is 11.1 Å². The summed E-state index contributed by atoms with van der Waals surface area (Å²) in [6.07, 6.45) is 0. The van der Waals surface area contributed by atoms with Gasteiger partial charge >= 0.3 is 6.03 Å². The minimum absolute atomic E-state index is 0.212. The summed E-state index contributed by atoms with van der Waals surface area (Å²) < 4.78 is 0. The van der Waals surface area contributed by atoms with Gasteiger partial charge in [-0.1, -0.05) is 60.7 Å². The Kier molecular flexibility index (Phi) is 7.21. The van der Waals surface area contributed by atoms with Gasteiger partial charge in [0.05, 0.1) is 12.6 Å². The quantitative estimate of drug-likeness (QED) is 0.438. The number of nitrogens with zero attached hydrogens (tertiary/aromatic N) is 1. The fraction of sp³-hybridized carbons (Fsp3) is 0.0870. The highest BCUT2D eigenvalue weighted by molar-refractivity contribution is 5.96. The molecule has 0 spiro atoms. The first-order chi connectivity index (χ1) is 15.1. The number of benzene rings is 3. The molecule has 8 heteroatoms. The van der Waals surface area contributed by atoms with E-state index in [1.807, 2.05) is 60.7 Å². The molecule has 0 aliphatic rings. The van der Waals surface area contributed by atoms with Gasteiger partial charge in [0.2, 0.25) is 5.91 Å².